The Morgan fingerprint density at radius 1 is 1.24 bits per heavy atom. The van der Waals surface area contributed by atoms with Crippen LogP contribution in [-0.2, 0) is 26.0 Å². The van der Waals surface area contributed by atoms with Gasteiger partial charge in [-0.3, -0.25) is 9.59 Å². The Kier molecular flexibility index (Phi) is 5.60. The second-order valence-corrected chi connectivity index (χ2v) is 6.76. The number of carbonyl (C=O) groups is 2. The first-order valence-corrected chi connectivity index (χ1v) is 7.95. The number of halogens is 1. The third kappa shape index (κ3) is 5.26. The summed E-state index contributed by atoms with van der Waals surface area (Å²) in [5, 5.41) is 0. The van der Waals surface area contributed by atoms with Crippen LogP contribution in [0.1, 0.15) is 32.8 Å². The summed E-state index contributed by atoms with van der Waals surface area (Å²) in [4.78, 5) is 22.1. The molecule has 0 aliphatic rings. The van der Waals surface area contributed by atoms with E-state index < -0.39 is 21.7 Å². The predicted molar refractivity (Wildman–Crippen MR) is 75.6 cm³/mol. The number of benzene rings is 1. The lowest BCUT2D eigenvalue weighted by molar-refractivity contribution is -0.122. The van der Waals surface area contributed by atoms with E-state index in [1.54, 1.807) is 18.6 Å². The summed E-state index contributed by atoms with van der Waals surface area (Å²) in [7, 11) is -4.08. The highest BCUT2D eigenvalue weighted by Crippen LogP contribution is 2.16. The lowest BCUT2D eigenvalue weighted by atomic mass is 10.0. The zero-order chi connectivity index (χ0) is 16.2. The monoisotopic (exact) mass is 315 g/mol. The van der Waals surface area contributed by atoms with Gasteiger partial charge in [-0.25, -0.2) is 17.5 Å². The molecule has 0 aliphatic carbocycles. The molecule has 0 aromatic heterocycles. The van der Waals surface area contributed by atoms with Crippen LogP contribution in [0.2, 0.25) is 0 Å². The molecule has 0 saturated carbocycles. The number of sulfonamides is 1. The lowest BCUT2D eigenvalue weighted by Crippen LogP contribution is -2.28. The van der Waals surface area contributed by atoms with Crippen LogP contribution in [0.25, 0.3) is 0 Å². The van der Waals surface area contributed by atoms with Crippen molar-refractivity contribution in [3.05, 3.63) is 29.6 Å². The van der Waals surface area contributed by atoms with Crippen LogP contribution < -0.4 is 4.72 Å². The minimum absolute atomic E-state index is 0.0190. The fourth-order valence-electron chi connectivity index (χ4n) is 1.72. The molecule has 1 rings (SSSR count). The standard InChI is InChI=1S/C14H18FNO4S/c1-9(2)14(18)5-4-11-6-12(15)8-13(7-11)21(19,20)16-10(3)17/h6-9H,4-5H2,1-3H3,(H,16,17). The van der Waals surface area contributed by atoms with E-state index >= 15 is 0 Å². The van der Waals surface area contributed by atoms with Gasteiger partial charge in [0.05, 0.1) is 4.90 Å². The maximum absolute atomic E-state index is 13.5. The molecule has 0 heterocycles. The number of nitrogens with one attached hydrogen (secondary N) is 1. The van der Waals surface area contributed by atoms with E-state index in [1.807, 2.05) is 0 Å². The molecule has 1 aromatic carbocycles. The van der Waals surface area contributed by atoms with Gasteiger partial charge >= 0.3 is 0 Å². The van der Waals surface area contributed by atoms with E-state index in [9.17, 15) is 22.4 Å². The Morgan fingerprint density at radius 2 is 1.86 bits per heavy atom. The molecule has 116 valence electrons. The quantitative estimate of drug-likeness (QED) is 0.868. The average Bonchev–Trinajstić information content (AvgIpc) is 2.33. The highest BCUT2D eigenvalue weighted by molar-refractivity contribution is 7.90. The van der Waals surface area contributed by atoms with Crippen LogP contribution in [-0.4, -0.2) is 20.1 Å². The van der Waals surface area contributed by atoms with Crippen molar-refractivity contribution in [2.45, 2.75) is 38.5 Å². The Bertz CT molecular complexity index is 653. The maximum Gasteiger partial charge on any atom is 0.264 e. The van der Waals surface area contributed by atoms with Crippen LogP contribution >= 0.6 is 0 Å². The van der Waals surface area contributed by atoms with Crippen molar-refractivity contribution in [2.24, 2.45) is 5.92 Å². The molecule has 0 unspecified atom stereocenters. The van der Waals surface area contributed by atoms with Crippen molar-refractivity contribution >= 4 is 21.7 Å². The number of amides is 1. The van der Waals surface area contributed by atoms with Gasteiger partial charge in [0.1, 0.15) is 11.6 Å². The van der Waals surface area contributed by atoms with Gasteiger partial charge in [-0.1, -0.05) is 13.8 Å². The highest BCUT2D eigenvalue weighted by Gasteiger charge is 2.18. The SMILES string of the molecule is CC(=O)NS(=O)(=O)c1cc(F)cc(CCC(=O)C(C)C)c1. The highest BCUT2D eigenvalue weighted by atomic mass is 32.2. The van der Waals surface area contributed by atoms with E-state index in [2.05, 4.69) is 0 Å². The smallest absolute Gasteiger partial charge is 0.264 e. The van der Waals surface area contributed by atoms with Crippen molar-refractivity contribution in [2.75, 3.05) is 0 Å². The van der Waals surface area contributed by atoms with Gasteiger partial charge in [-0.05, 0) is 30.2 Å². The number of rotatable bonds is 6. The number of hydrogen-bond acceptors (Lipinski definition) is 4. The Balaban J connectivity index is 3.00. The molecular weight excluding hydrogens is 297 g/mol. The van der Waals surface area contributed by atoms with E-state index in [-0.39, 0.29) is 29.4 Å². The van der Waals surface area contributed by atoms with Crippen LogP contribution in [0.4, 0.5) is 4.39 Å². The summed E-state index contributed by atoms with van der Waals surface area (Å²) in [6.07, 6.45) is 0.456. The van der Waals surface area contributed by atoms with Gasteiger partial charge in [0, 0.05) is 19.3 Å². The minimum atomic E-state index is -4.08. The Labute approximate surface area is 123 Å². The van der Waals surface area contributed by atoms with Gasteiger partial charge in [0.2, 0.25) is 5.91 Å². The van der Waals surface area contributed by atoms with Gasteiger partial charge in [-0.15, -0.1) is 0 Å². The molecule has 0 aliphatic heterocycles. The first kappa shape index (κ1) is 17.3. The van der Waals surface area contributed by atoms with Gasteiger partial charge < -0.3 is 0 Å². The third-order valence-electron chi connectivity index (χ3n) is 2.82. The molecule has 5 nitrogen and oxygen atoms in total. The largest absolute Gasteiger partial charge is 0.299 e. The Morgan fingerprint density at radius 3 is 2.38 bits per heavy atom. The second kappa shape index (κ2) is 6.80. The van der Waals surface area contributed by atoms with Crippen LogP contribution in [0.15, 0.2) is 23.1 Å². The van der Waals surface area contributed by atoms with E-state index in [0.717, 1.165) is 13.0 Å². The number of ketones is 1. The van der Waals surface area contributed by atoms with E-state index in [4.69, 9.17) is 0 Å². The molecule has 0 saturated heterocycles. The lowest BCUT2D eigenvalue weighted by Gasteiger charge is -2.08. The second-order valence-electron chi connectivity index (χ2n) is 5.08. The van der Waals surface area contributed by atoms with E-state index in [1.165, 1.54) is 12.1 Å². The zero-order valence-corrected chi connectivity index (χ0v) is 13.0. The van der Waals surface area contributed by atoms with Crippen LogP contribution in [0.5, 0.6) is 0 Å². The Hall–Kier alpha value is -1.76. The fraction of sp³-hybridized carbons (Fsp3) is 0.429. The molecule has 0 bridgehead atoms. The number of carbonyl (C=O) groups excluding carboxylic acids is 2. The molecule has 0 spiro atoms. The van der Waals surface area contributed by atoms with Crippen molar-refractivity contribution in [1.82, 2.24) is 4.72 Å². The van der Waals surface area contributed by atoms with Gasteiger partial charge in [0.15, 0.2) is 0 Å². The third-order valence-corrected chi connectivity index (χ3v) is 4.24. The zero-order valence-electron chi connectivity index (χ0n) is 12.1. The molecule has 7 heteroatoms. The van der Waals surface area contributed by atoms with Gasteiger partial charge in [-0.2, -0.15) is 0 Å². The summed E-state index contributed by atoms with van der Waals surface area (Å²) in [5.41, 5.74) is 0.396. The molecule has 21 heavy (non-hydrogen) atoms. The molecule has 1 N–H and O–H groups in total. The van der Waals surface area contributed by atoms with Crippen LogP contribution in [0.3, 0.4) is 0 Å². The number of Topliss-reactive ketones (excluding diaryl/α,β-unsaturated/α-hetero) is 1. The molecule has 0 radical (unpaired) electrons. The number of aryl methyl sites for hydroxylation is 1. The summed E-state index contributed by atoms with van der Waals surface area (Å²) >= 11 is 0. The molecule has 1 amide bonds. The normalized spacial score (nSPS) is 11.5. The minimum Gasteiger partial charge on any atom is -0.299 e. The number of hydrogen-bond donors (Lipinski definition) is 1. The summed E-state index contributed by atoms with van der Waals surface area (Å²) < 4.78 is 38.9. The predicted octanol–water partition coefficient (Wildman–Crippen LogP) is 1.81. The average molecular weight is 315 g/mol. The summed E-state index contributed by atoms with van der Waals surface area (Å²) in [6.45, 7) is 4.58. The summed E-state index contributed by atoms with van der Waals surface area (Å²) in [5.74, 6) is -1.59. The van der Waals surface area contributed by atoms with Crippen molar-refractivity contribution in [3.63, 3.8) is 0 Å². The first-order chi connectivity index (χ1) is 9.61. The molecule has 1 aromatic rings. The van der Waals surface area contributed by atoms with Crippen molar-refractivity contribution < 1.29 is 22.4 Å². The fourth-order valence-corrected chi connectivity index (χ4v) is 2.80. The van der Waals surface area contributed by atoms with Crippen molar-refractivity contribution in [3.8, 4) is 0 Å². The van der Waals surface area contributed by atoms with Gasteiger partial charge in [0.25, 0.3) is 10.0 Å². The topological polar surface area (TPSA) is 80.3 Å². The molecular formula is C14H18FNO4S. The van der Waals surface area contributed by atoms with Crippen LogP contribution in [0, 0.1) is 11.7 Å². The molecule has 0 atom stereocenters. The maximum atomic E-state index is 13.5. The molecule has 0 fully saturated rings. The van der Waals surface area contributed by atoms with Crippen molar-refractivity contribution in [1.29, 1.82) is 0 Å². The first-order valence-electron chi connectivity index (χ1n) is 6.47. The van der Waals surface area contributed by atoms with E-state index in [0.29, 0.717) is 5.56 Å². The summed E-state index contributed by atoms with van der Waals surface area (Å²) in [6, 6.07) is 3.28.